The van der Waals surface area contributed by atoms with Crippen molar-refractivity contribution in [2.24, 2.45) is 0 Å². The van der Waals surface area contributed by atoms with Crippen LogP contribution >= 0.6 is 22.9 Å². The number of carbonyl (C=O) groups is 1. The zero-order chi connectivity index (χ0) is 21.3. The van der Waals surface area contributed by atoms with Crippen molar-refractivity contribution >= 4 is 39.1 Å². The van der Waals surface area contributed by atoms with E-state index in [9.17, 15) is 4.79 Å². The van der Waals surface area contributed by atoms with Crippen LogP contribution < -0.4 is 5.32 Å². The zero-order valence-electron chi connectivity index (χ0n) is 17.5. The molecular weight excluding hydrogens is 420 g/mol. The minimum atomic E-state index is -0.0331. The van der Waals surface area contributed by atoms with E-state index in [0.29, 0.717) is 18.0 Å². The molecule has 3 aromatic rings. The largest absolute Gasteiger partial charge is 0.373 e. The third-order valence-corrected chi connectivity index (χ3v) is 6.83. The summed E-state index contributed by atoms with van der Waals surface area (Å²) in [5.41, 5.74) is 1.93. The first-order chi connectivity index (χ1) is 14.4. The highest BCUT2D eigenvalue weighted by Crippen LogP contribution is 2.29. The van der Waals surface area contributed by atoms with Crippen molar-refractivity contribution in [3.63, 3.8) is 0 Å². The molecule has 1 aliphatic rings. The Labute approximate surface area is 185 Å². The van der Waals surface area contributed by atoms with Gasteiger partial charge in [-0.15, -0.1) is 11.3 Å². The van der Waals surface area contributed by atoms with Crippen LogP contribution in [-0.4, -0.2) is 59.0 Å². The lowest BCUT2D eigenvalue weighted by Gasteiger charge is -2.35. The number of amides is 1. The number of hydrogen-bond donors (Lipinski definition) is 1. The summed E-state index contributed by atoms with van der Waals surface area (Å²) in [4.78, 5) is 16.8. The van der Waals surface area contributed by atoms with Crippen molar-refractivity contribution in [1.29, 1.82) is 0 Å². The Morgan fingerprint density at radius 2 is 2.03 bits per heavy atom. The maximum atomic E-state index is 12.7. The van der Waals surface area contributed by atoms with Crippen LogP contribution in [0, 0.1) is 6.92 Å². The van der Waals surface area contributed by atoms with Gasteiger partial charge in [-0.1, -0.05) is 29.8 Å². The Balaban J connectivity index is 1.42. The van der Waals surface area contributed by atoms with Crippen LogP contribution in [0.4, 0.5) is 0 Å². The summed E-state index contributed by atoms with van der Waals surface area (Å²) in [5, 5.41) is 9.45. The Hall–Kier alpha value is -1.93. The van der Waals surface area contributed by atoms with Gasteiger partial charge in [-0.05, 0) is 38.5 Å². The molecule has 1 amide bonds. The fourth-order valence-corrected chi connectivity index (χ4v) is 5.27. The number of benzene rings is 1. The number of halogens is 1. The molecule has 0 saturated carbocycles. The molecule has 3 heterocycles. The van der Waals surface area contributed by atoms with Gasteiger partial charge in [-0.2, -0.15) is 5.10 Å². The quantitative estimate of drug-likeness (QED) is 0.622. The van der Waals surface area contributed by atoms with Gasteiger partial charge in [0.2, 0.25) is 0 Å². The molecule has 1 fully saturated rings. The summed E-state index contributed by atoms with van der Waals surface area (Å²) in [7, 11) is 0. The summed E-state index contributed by atoms with van der Waals surface area (Å²) in [6.07, 6.45) is 0.465. The van der Waals surface area contributed by atoms with Crippen LogP contribution in [0.25, 0.3) is 10.2 Å². The Morgan fingerprint density at radius 1 is 1.30 bits per heavy atom. The van der Waals surface area contributed by atoms with Crippen molar-refractivity contribution in [2.45, 2.75) is 39.5 Å². The number of ether oxygens (including phenoxy) is 1. The summed E-state index contributed by atoms with van der Waals surface area (Å²) in [6.45, 7) is 9.99. The molecule has 2 aromatic heterocycles. The number of morpholine rings is 1. The highest BCUT2D eigenvalue weighted by molar-refractivity contribution is 7.20. The zero-order valence-corrected chi connectivity index (χ0v) is 19.1. The van der Waals surface area contributed by atoms with E-state index in [2.05, 4.69) is 29.2 Å². The van der Waals surface area contributed by atoms with E-state index in [1.165, 1.54) is 11.3 Å². The van der Waals surface area contributed by atoms with E-state index in [1.807, 2.05) is 41.9 Å². The fraction of sp³-hybridized carbons (Fsp3) is 0.455. The maximum absolute atomic E-state index is 12.7. The van der Waals surface area contributed by atoms with Gasteiger partial charge in [-0.25, -0.2) is 0 Å². The molecule has 1 N–H and O–H groups in total. The van der Waals surface area contributed by atoms with Gasteiger partial charge in [0.25, 0.3) is 5.91 Å². The predicted octanol–water partition coefficient (Wildman–Crippen LogP) is 3.95. The number of thiophene rings is 1. The van der Waals surface area contributed by atoms with Crippen molar-refractivity contribution in [2.75, 3.05) is 26.2 Å². The van der Waals surface area contributed by atoms with E-state index in [1.54, 1.807) is 0 Å². The molecule has 0 radical (unpaired) electrons. The second kappa shape index (κ2) is 9.06. The van der Waals surface area contributed by atoms with E-state index < -0.39 is 0 Å². The lowest BCUT2D eigenvalue weighted by atomic mass is 10.2. The highest BCUT2D eigenvalue weighted by Gasteiger charge is 2.22. The smallest absolute Gasteiger partial charge is 0.261 e. The number of nitrogens with one attached hydrogen (secondary N) is 1. The lowest BCUT2D eigenvalue weighted by Crippen LogP contribution is -2.47. The fourth-order valence-electron chi connectivity index (χ4n) is 4.00. The molecule has 0 spiro atoms. The van der Waals surface area contributed by atoms with Crippen LogP contribution in [0.2, 0.25) is 5.02 Å². The lowest BCUT2D eigenvalue weighted by molar-refractivity contribution is -0.0672. The second-order valence-corrected chi connectivity index (χ2v) is 9.37. The molecular formula is C22H27ClN4O2S. The summed E-state index contributed by atoms with van der Waals surface area (Å²) >= 11 is 7.79. The van der Waals surface area contributed by atoms with Gasteiger partial charge >= 0.3 is 0 Å². The normalized spacial score (nSPS) is 20.0. The van der Waals surface area contributed by atoms with Crippen molar-refractivity contribution < 1.29 is 9.53 Å². The van der Waals surface area contributed by atoms with Crippen LogP contribution in [0.1, 0.15) is 34.8 Å². The second-order valence-electron chi connectivity index (χ2n) is 7.94. The monoisotopic (exact) mass is 446 g/mol. The molecule has 0 bridgehead atoms. The third-order valence-electron chi connectivity index (χ3n) is 5.32. The minimum Gasteiger partial charge on any atom is -0.373 e. The van der Waals surface area contributed by atoms with E-state index in [0.717, 1.165) is 46.1 Å². The van der Waals surface area contributed by atoms with Gasteiger partial charge in [0.05, 0.1) is 29.3 Å². The average Bonchev–Trinajstić information content (AvgIpc) is 3.24. The van der Waals surface area contributed by atoms with E-state index in [4.69, 9.17) is 16.3 Å². The summed E-state index contributed by atoms with van der Waals surface area (Å²) in [5.74, 6) is -0.0331. The van der Waals surface area contributed by atoms with Crippen molar-refractivity contribution in [3.8, 4) is 0 Å². The molecule has 1 aromatic carbocycles. The van der Waals surface area contributed by atoms with Gasteiger partial charge in [0.15, 0.2) is 0 Å². The first-order valence-electron chi connectivity index (χ1n) is 10.3. The van der Waals surface area contributed by atoms with Gasteiger partial charge in [0.1, 0.15) is 4.83 Å². The third kappa shape index (κ3) is 4.70. The van der Waals surface area contributed by atoms with Crippen molar-refractivity contribution in [3.05, 3.63) is 51.5 Å². The average molecular weight is 447 g/mol. The number of aryl methyl sites for hydroxylation is 1. The number of nitrogens with zero attached hydrogens (tertiary/aromatic N) is 3. The van der Waals surface area contributed by atoms with Gasteiger partial charge in [0, 0.05) is 36.6 Å². The Morgan fingerprint density at radius 3 is 2.77 bits per heavy atom. The first-order valence-corrected chi connectivity index (χ1v) is 11.5. The van der Waals surface area contributed by atoms with Crippen LogP contribution in [0.3, 0.4) is 0 Å². The Bertz CT molecular complexity index is 1040. The molecule has 2 unspecified atom stereocenters. The topological polar surface area (TPSA) is 59.4 Å². The number of carbonyl (C=O) groups excluding carboxylic acids is 1. The molecule has 4 rings (SSSR count). The SMILES string of the molecule is Cc1nn(Cc2ccccc2Cl)c2sc(C(=O)NCCN3CC(C)OC(C)C3)cc12. The molecule has 2 atom stereocenters. The number of fused-ring (bicyclic) bond motifs is 1. The Kier molecular flexibility index (Phi) is 6.43. The number of aromatic nitrogens is 2. The molecule has 8 heteroatoms. The maximum Gasteiger partial charge on any atom is 0.261 e. The van der Waals surface area contributed by atoms with E-state index >= 15 is 0 Å². The molecule has 1 saturated heterocycles. The molecule has 160 valence electrons. The highest BCUT2D eigenvalue weighted by atomic mass is 35.5. The number of rotatable bonds is 6. The summed E-state index contributed by atoms with van der Waals surface area (Å²) in [6, 6.07) is 9.71. The van der Waals surface area contributed by atoms with Crippen LogP contribution in [0.15, 0.2) is 30.3 Å². The van der Waals surface area contributed by atoms with E-state index in [-0.39, 0.29) is 18.1 Å². The molecule has 6 nitrogen and oxygen atoms in total. The minimum absolute atomic E-state index is 0.0331. The first kappa shape index (κ1) is 21.3. The molecule has 30 heavy (non-hydrogen) atoms. The summed E-state index contributed by atoms with van der Waals surface area (Å²) < 4.78 is 7.70. The predicted molar refractivity (Wildman–Crippen MR) is 122 cm³/mol. The van der Waals surface area contributed by atoms with Gasteiger partial charge in [-0.3, -0.25) is 14.4 Å². The van der Waals surface area contributed by atoms with Crippen LogP contribution in [-0.2, 0) is 11.3 Å². The van der Waals surface area contributed by atoms with Crippen molar-refractivity contribution in [1.82, 2.24) is 20.0 Å². The number of hydrogen-bond acceptors (Lipinski definition) is 5. The van der Waals surface area contributed by atoms with Crippen LogP contribution in [0.5, 0.6) is 0 Å². The molecule has 0 aliphatic carbocycles. The van der Waals surface area contributed by atoms with Gasteiger partial charge < -0.3 is 10.1 Å². The standard InChI is InChI=1S/C22H27ClN4O2S/c1-14-11-26(12-15(2)29-14)9-8-24-21(28)20-10-18-16(3)25-27(22(18)30-20)13-17-6-4-5-7-19(17)23/h4-7,10,14-15H,8-9,11-13H2,1-3H3,(H,24,28). The molecule has 1 aliphatic heterocycles.